The zero-order chi connectivity index (χ0) is 15.0. The van der Waals surface area contributed by atoms with Crippen molar-refractivity contribution in [3.8, 4) is 0 Å². The fraction of sp³-hybridized carbons (Fsp3) is 0.733. The van der Waals surface area contributed by atoms with Gasteiger partial charge in [0.15, 0.2) is 0 Å². The van der Waals surface area contributed by atoms with Gasteiger partial charge in [0, 0.05) is 26.1 Å². The zero-order valence-corrected chi connectivity index (χ0v) is 13.4. The number of rotatable bonds is 9. The molecule has 1 rings (SSSR count). The summed E-state index contributed by atoms with van der Waals surface area (Å²) in [4.78, 5) is 9.04. The number of anilines is 2. The van der Waals surface area contributed by atoms with Gasteiger partial charge in [0.1, 0.15) is 17.5 Å². The Labute approximate surface area is 122 Å². The van der Waals surface area contributed by atoms with Gasteiger partial charge in [0.05, 0.1) is 12.6 Å². The second kappa shape index (κ2) is 8.74. The van der Waals surface area contributed by atoms with Crippen molar-refractivity contribution in [2.24, 2.45) is 5.92 Å². The summed E-state index contributed by atoms with van der Waals surface area (Å²) in [5, 5.41) is 6.78. The van der Waals surface area contributed by atoms with Crippen molar-refractivity contribution < 1.29 is 4.74 Å². The first-order valence-electron chi connectivity index (χ1n) is 7.47. The van der Waals surface area contributed by atoms with Crippen LogP contribution in [0.15, 0.2) is 6.07 Å². The molecule has 0 saturated carbocycles. The molecule has 0 bridgehead atoms. The molecule has 0 radical (unpaired) electrons. The van der Waals surface area contributed by atoms with Gasteiger partial charge < -0.3 is 15.4 Å². The fourth-order valence-corrected chi connectivity index (χ4v) is 1.84. The highest BCUT2D eigenvalue weighted by Crippen LogP contribution is 2.15. The molecule has 5 nitrogen and oxygen atoms in total. The van der Waals surface area contributed by atoms with E-state index in [0.717, 1.165) is 36.8 Å². The van der Waals surface area contributed by atoms with Crippen molar-refractivity contribution in [2.45, 2.75) is 46.6 Å². The standard InChI is InChI=1S/C15H28N4O/c1-6-8-16-14-9-15(19-13(7-2)18-14)17-12(10-20-5)11(3)4/h9,11-12H,6-8,10H2,1-5H3,(H2,16,17,18,19). The molecule has 1 aromatic rings. The van der Waals surface area contributed by atoms with Gasteiger partial charge in [-0.25, -0.2) is 9.97 Å². The van der Waals surface area contributed by atoms with E-state index in [1.54, 1.807) is 7.11 Å². The molecule has 20 heavy (non-hydrogen) atoms. The topological polar surface area (TPSA) is 59.1 Å². The minimum atomic E-state index is 0.249. The zero-order valence-electron chi connectivity index (χ0n) is 13.4. The smallest absolute Gasteiger partial charge is 0.132 e. The van der Waals surface area contributed by atoms with Gasteiger partial charge in [-0.05, 0) is 12.3 Å². The Morgan fingerprint density at radius 2 is 1.90 bits per heavy atom. The number of methoxy groups -OCH3 is 1. The first kappa shape index (κ1) is 16.7. The number of nitrogens with zero attached hydrogens (tertiary/aromatic N) is 2. The van der Waals surface area contributed by atoms with E-state index < -0.39 is 0 Å². The number of aryl methyl sites for hydroxylation is 1. The van der Waals surface area contributed by atoms with Gasteiger partial charge in [0.2, 0.25) is 0 Å². The second-order valence-corrected chi connectivity index (χ2v) is 5.29. The molecule has 0 spiro atoms. The van der Waals surface area contributed by atoms with Crippen LogP contribution in [-0.4, -0.2) is 36.3 Å². The van der Waals surface area contributed by atoms with Gasteiger partial charge in [-0.3, -0.25) is 0 Å². The highest BCUT2D eigenvalue weighted by atomic mass is 16.5. The SMILES string of the molecule is CCCNc1cc(NC(COC)C(C)C)nc(CC)n1. The average molecular weight is 280 g/mol. The van der Waals surface area contributed by atoms with E-state index in [9.17, 15) is 0 Å². The van der Waals surface area contributed by atoms with E-state index >= 15 is 0 Å². The summed E-state index contributed by atoms with van der Waals surface area (Å²) in [5.41, 5.74) is 0. The van der Waals surface area contributed by atoms with Crippen molar-refractivity contribution in [3.63, 3.8) is 0 Å². The molecule has 5 heteroatoms. The Morgan fingerprint density at radius 3 is 2.45 bits per heavy atom. The Balaban J connectivity index is 2.86. The second-order valence-electron chi connectivity index (χ2n) is 5.29. The summed E-state index contributed by atoms with van der Waals surface area (Å²) in [7, 11) is 1.72. The quantitative estimate of drug-likeness (QED) is 0.728. The maximum atomic E-state index is 5.27. The molecular weight excluding hydrogens is 252 g/mol. The molecule has 1 aromatic heterocycles. The van der Waals surface area contributed by atoms with Gasteiger partial charge in [-0.15, -0.1) is 0 Å². The van der Waals surface area contributed by atoms with Gasteiger partial charge in [-0.2, -0.15) is 0 Å². The first-order chi connectivity index (χ1) is 9.60. The Morgan fingerprint density at radius 1 is 1.20 bits per heavy atom. The van der Waals surface area contributed by atoms with Crippen LogP contribution in [-0.2, 0) is 11.2 Å². The molecule has 0 fully saturated rings. The minimum absolute atomic E-state index is 0.249. The van der Waals surface area contributed by atoms with Crippen LogP contribution in [0, 0.1) is 5.92 Å². The van der Waals surface area contributed by atoms with E-state index in [1.165, 1.54) is 0 Å². The van der Waals surface area contributed by atoms with Crippen molar-refractivity contribution >= 4 is 11.6 Å². The molecule has 0 aliphatic heterocycles. The lowest BCUT2D eigenvalue weighted by Crippen LogP contribution is -2.31. The van der Waals surface area contributed by atoms with E-state index in [0.29, 0.717) is 12.5 Å². The molecule has 2 N–H and O–H groups in total. The van der Waals surface area contributed by atoms with Gasteiger partial charge in [-0.1, -0.05) is 27.7 Å². The molecule has 114 valence electrons. The van der Waals surface area contributed by atoms with Crippen LogP contribution in [0.3, 0.4) is 0 Å². The summed E-state index contributed by atoms with van der Waals surface area (Å²) in [6, 6.07) is 2.22. The molecule has 1 unspecified atom stereocenters. The molecule has 0 aliphatic rings. The Bertz CT molecular complexity index is 395. The summed E-state index contributed by atoms with van der Waals surface area (Å²) >= 11 is 0. The van der Waals surface area contributed by atoms with Crippen molar-refractivity contribution in [2.75, 3.05) is 30.9 Å². The number of hydrogen-bond acceptors (Lipinski definition) is 5. The predicted molar refractivity (Wildman–Crippen MR) is 84.3 cm³/mol. The lowest BCUT2D eigenvalue weighted by molar-refractivity contribution is 0.171. The predicted octanol–water partition coefficient (Wildman–Crippen LogP) is 2.94. The molecule has 0 saturated heterocycles. The van der Waals surface area contributed by atoms with E-state index in [-0.39, 0.29) is 6.04 Å². The van der Waals surface area contributed by atoms with Crippen LogP contribution >= 0.6 is 0 Å². The molecule has 0 aliphatic carbocycles. The average Bonchev–Trinajstić information content (AvgIpc) is 2.44. The van der Waals surface area contributed by atoms with Crippen molar-refractivity contribution in [1.82, 2.24) is 9.97 Å². The largest absolute Gasteiger partial charge is 0.383 e. The van der Waals surface area contributed by atoms with Crippen LogP contribution < -0.4 is 10.6 Å². The Kier molecular flexibility index (Phi) is 7.30. The van der Waals surface area contributed by atoms with E-state index in [1.807, 2.05) is 6.07 Å². The van der Waals surface area contributed by atoms with Crippen molar-refractivity contribution in [1.29, 1.82) is 0 Å². The third-order valence-electron chi connectivity index (χ3n) is 3.13. The lowest BCUT2D eigenvalue weighted by Gasteiger charge is -2.22. The van der Waals surface area contributed by atoms with Crippen LogP contribution in [0.2, 0.25) is 0 Å². The molecule has 0 amide bonds. The summed E-state index contributed by atoms with van der Waals surface area (Å²) in [5.74, 6) is 3.09. The fourth-order valence-electron chi connectivity index (χ4n) is 1.84. The summed E-state index contributed by atoms with van der Waals surface area (Å²) < 4.78 is 5.27. The maximum Gasteiger partial charge on any atom is 0.132 e. The van der Waals surface area contributed by atoms with Gasteiger partial charge in [0.25, 0.3) is 0 Å². The summed E-state index contributed by atoms with van der Waals surface area (Å²) in [6.45, 7) is 10.1. The highest BCUT2D eigenvalue weighted by molar-refractivity contribution is 5.48. The summed E-state index contributed by atoms with van der Waals surface area (Å²) in [6.07, 6.45) is 1.90. The van der Waals surface area contributed by atoms with E-state index in [2.05, 4.69) is 48.3 Å². The van der Waals surface area contributed by atoms with Crippen molar-refractivity contribution in [3.05, 3.63) is 11.9 Å². The highest BCUT2D eigenvalue weighted by Gasteiger charge is 2.14. The number of aromatic nitrogens is 2. The molecular formula is C15H28N4O. The van der Waals surface area contributed by atoms with Crippen LogP contribution in [0.1, 0.15) is 39.9 Å². The third-order valence-corrected chi connectivity index (χ3v) is 3.13. The normalized spacial score (nSPS) is 12.5. The number of nitrogens with one attached hydrogen (secondary N) is 2. The number of hydrogen-bond donors (Lipinski definition) is 2. The molecule has 0 aromatic carbocycles. The lowest BCUT2D eigenvalue weighted by atomic mass is 10.1. The molecule has 1 heterocycles. The minimum Gasteiger partial charge on any atom is -0.383 e. The van der Waals surface area contributed by atoms with E-state index in [4.69, 9.17) is 4.74 Å². The van der Waals surface area contributed by atoms with Gasteiger partial charge >= 0.3 is 0 Å². The maximum absolute atomic E-state index is 5.27. The first-order valence-corrected chi connectivity index (χ1v) is 7.47. The Hall–Kier alpha value is -1.36. The third kappa shape index (κ3) is 5.33. The molecule has 1 atom stereocenters. The van der Waals surface area contributed by atoms with Crippen LogP contribution in [0.25, 0.3) is 0 Å². The number of ether oxygens (including phenoxy) is 1. The van der Waals surface area contributed by atoms with Crippen LogP contribution in [0.4, 0.5) is 11.6 Å². The van der Waals surface area contributed by atoms with Crippen LogP contribution in [0.5, 0.6) is 0 Å². The monoisotopic (exact) mass is 280 g/mol.